The second-order valence-corrected chi connectivity index (χ2v) is 15.3. The number of pyridine rings is 1. The Labute approximate surface area is 325 Å². The Morgan fingerprint density at radius 3 is 2.56 bits per heavy atom. The highest BCUT2D eigenvalue weighted by molar-refractivity contribution is 7.99. The van der Waals surface area contributed by atoms with Gasteiger partial charge in [0.2, 0.25) is 11.8 Å². The predicted octanol–water partition coefficient (Wildman–Crippen LogP) is 5.96. The van der Waals surface area contributed by atoms with Gasteiger partial charge in [0.25, 0.3) is 0 Å². The largest absolute Gasteiger partial charge is 0.367 e. The van der Waals surface area contributed by atoms with Gasteiger partial charge in [-0.1, -0.05) is 54.0 Å². The number of carbonyl (C=O) groups is 3. The van der Waals surface area contributed by atoms with Crippen molar-refractivity contribution < 1.29 is 14.4 Å². The summed E-state index contributed by atoms with van der Waals surface area (Å²) < 4.78 is 0. The van der Waals surface area contributed by atoms with Gasteiger partial charge in [0.1, 0.15) is 11.1 Å². The lowest BCUT2D eigenvalue weighted by Gasteiger charge is -2.31. The van der Waals surface area contributed by atoms with Crippen LogP contribution in [-0.4, -0.2) is 69.7 Å². The molecule has 2 amide bonds. The van der Waals surface area contributed by atoms with Crippen molar-refractivity contribution in [3.63, 3.8) is 0 Å². The topological polar surface area (TPSA) is 175 Å². The third-order valence-corrected chi connectivity index (χ3v) is 11.8. The van der Waals surface area contributed by atoms with Gasteiger partial charge in [-0.25, -0.2) is 4.98 Å². The number of hydrogen-bond donors (Lipinski definition) is 6. The molecule has 0 saturated heterocycles. The highest BCUT2D eigenvalue weighted by atomic mass is 35.5. The maximum Gasteiger partial charge on any atom is 0.243 e. The summed E-state index contributed by atoms with van der Waals surface area (Å²) >= 11 is 8.50. The Balaban J connectivity index is 1.43. The van der Waals surface area contributed by atoms with E-state index in [-0.39, 0.29) is 37.0 Å². The number of benzene rings is 2. The van der Waals surface area contributed by atoms with Crippen LogP contribution >= 0.6 is 23.4 Å². The molecule has 8 N–H and O–H groups in total. The fraction of sp³-hybridized carbons (Fsp3) is 0.366. The molecule has 3 aromatic heterocycles. The zero-order valence-electron chi connectivity index (χ0n) is 30.6. The average Bonchev–Trinajstić information content (AvgIpc) is 3.87. The lowest BCUT2D eigenvalue weighted by atomic mass is 9.90. The molecular weight excluding hydrogens is 720 g/mol. The van der Waals surface area contributed by atoms with Gasteiger partial charge in [-0.3, -0.25) is 14.4 Å². The Kier molecular flexibility index (Phi) is 13.6. The smallest absolute Gasteiger partial charge is 0.243 e. The normalized spacial score (nSPS) is 19.0. The molecule has 1 aliphatic heterocycles. The number of fused-ring (bicyclic) bond motifs is 3. The van der Waals surface area contributed by atoms with Crippen LogP contribution in [0.4, 0.5) is 0 Å². The maximum absolute atomic E-state index is 14.6. The molecule has 0 radical (unpaired) electrons. The fourth-order valence-electron chi connectivity index (χ4n) is 7.13. The minimum Gasteiger partial charge on any atom is -0.367 e. The number of halogens is 1. The Hall–Kier alpha value is -4.46. The number of ketones is 1. The fourth-order valence-corrected chi connectivity index (χ4v) is 8.49. The van der Waals surface area contributed by atoms with Crippen LogP contribution in [0.5, 0.6) is 0 Å². The molecule has 0 spiro atoms. The lowest BCUT2D eigenvalue weighted by Crippen LogP contribution is -2.51. The zero-order valence-corrected chi connectivity index (χ0v) is 32.1. The quantitative estimate of drug-likeness (QED) is 0.0944. The van der Waals surface area contributed by atoms with Crippen molar-refractivity contribution in [1.29, 1.82) is 0 Å². The van der Waals surface area contributed by atoms with E-state index in [2.05, 4.69) is 20.6 Å². The van der Waals surface area contributed by atoms with Gasteiger partial charge in [0, 0.05) is 79.5 Å². The van der Waals surface area contributed by atoms with Crippen LogP contribution in [0.15, 0.2) is 89.3 Å². The standard InChI is InChI=1S/C41H49ClN8O3S/c1-50-36(20-30-24-47-34-11-3-2-10-32(30)34)39(52)49-25-31-18-29(27-13-17-45-22-27)19-33(42)38(31)54-40-28(9-7-16-46-40)23-48-35(12-6-15-44)37(51)21-26(41(50)53)8-4-5-14-43/h2-3,7,9-11,13,16-19,22,24,26,35-36,45,47-48H,4-6,8,12,14-15,20-21,23,25,43-44H2,1H3,(H,49,52)/t26-,35+,36+/m1/s1. The van der Waals surface area contributed by atoms with Crippen LogP contribution in [0.25, 0.3) is 22.0 Å². The van der Waals surface area contributed by atoms with Crippen molar-refractivity contribution in [1.82, 2.24) is 30.5 Å². The van der Waals surface area contributed by atoms with Crippen LogP contribution in [0.3, 0.4) is 0 Å². The van der Waals surface area contributed by atoms with Crippen molar-refractivity contribution in [3.8, 4) is 11.1 Å². The molecule has 284 valence electrons. The molecule has 0 bridgehead atoms. The first-order valence-electron chi connectivity index (χ1n) is 18.6. The van der Waals surface area contributed by atoms with Gasteiger partial charge < -0.3 is 37.0 Å². The summed E-state index contributed by atoms with van der Waals surface area (Å²) in [5.41, 5.74) is 17.2. The maximum atomic E-state index is 14.6. The summed E-state index contributed by atoms with van der Waals surface area (Å²) in [6, 6.07) is 16.3. The summed E-state index contributed by atoms with van der Waals surface area (Å²) in [6.45, 7) is 1.46. The molecule has 0 aliphatic carbocycles. The molecule has 11 nitrogen and oxygen atoms in total. The number of nitrogens with two attached hydrogens (primary N) is 2. The molecule has 13 heteroatoms. The molecule has 2 aromatic carbocycles. The molecule has 5 aromatic rings. The first-order valence-corrected chi connectivity index (χ1v) is 19.8. The van der Waals surface area contributed by atoms with Crippen molar-refractivity contribution in [2.75, 3.05) is 20.1 Å². The summed E-state index contributed by atoms with van der Waals surface area (Å²) in [4.78, 5) is 56.7. The number of aromatic nitrogens is 3. The minimum atomic E-state index is -0.868. The van der Waals surface area contributed by atoms with Gasteiger partial charge in [-0.15, -0.1) is 0 Å². The van der Waals surface area contributed by atoms with Crippen LogP contribution in [0, 0.1) is 5.92 Å². The predicted molar refractivity (Wildman–Crippen MR) is 215 cm³/mol. The van der Waals surface area contributed by atoms with Crippen molar-refractivity contribution in [3.05, 3.63) is 101 Å². The molecule has 1 aliphatic rings. The first-order chi connectivity index (χ1) is 26.3. The number of carbonyl (C=O) groups excluding carboxylic acids is 3. The number of unbranched alkanes of at least 4 members (excludes halogenated alkanes) is 1. The van der Waals surface area contributed by atoms with E-state index >= 15 is 0 Å². The highest BCUT2D eigenvalue weighted by Crippen LogP contribution is 2.40. The van der Waals surface area contributed by atoms with Gasteiger partial charge in [-0.2, -0.15) is 0 Å². The highest BCUT2D eigenvalue weighted by Gasteiger charge is 2.34. The third-order valence-electron chi connectivity index (χ3n) is 10.2. The zero-order chi connectivity index (χ0) is 38.0. The number of nitrogens with zero attached hydrogens (tertiary/aromatic N) is 2. The Bertz CT molecular complexity index is 2050. The number of Topliss-reactive ketones (excluding diaryl/α,β-unsaturated/α-hetero) is 1. The van der Waals surface area contributed by atoms with Gasteiger partial charge in [0.15, 0.2) is 5.78 Å². The van der Waals surface area contributed by atoms with Crippen molar-refractivity contribution in [2.24, 2.45) is 17.4 Å². The summed E-state index contributed by atoms with van der Waals surface area (Å²) in [6.07, 6.45) is 10.7. The SMILES string of the molecule is CN1C(=O)[C@H](CCCCN)CC(=O)[C@H](CCCN)NCc2cccnc2Sc2c(Cl)cc(-c3cc[nH]c3)cc2CNC(=O)[C@@H]1Cc1c[nH]c2ccccc12. The molecule has 0 saturated carbocycles. The van der Waals surface area contributed by atoms with Gasteiger partial charge in [0.05, 0.1) is 11.1 Å². The summed E-state index contributed by atoms with van der Waals surface area (Å²) in [5.74, 6) is -1.25. The number of nitrogens with one attached hydrogen (secondary N) is 4. The van der Waals surface area contributed by atoms with E-state index < -0.39 is 18.0 Å². The van der Waals surface area contributed by atoms with Crippen LogP contribution in [0.1, 0.15) is 55.2 Å². The third kappa shape index (κ3) is 9.42. The number of H-pyrrole nitrogens is 2. The van der Waals surface area contributed by atoms with E-state index in [4.69, 9.17) is 28.1 Å². The van der Waals surface area contributed by atoms with Gasteiger partial charge >= 0.3 is 0 Å². The number of para-hydroxylation sites is 1. The summed E-state index contributed by atoms with van der Waals surface area (Å²) in [7, 11) is 1.67. The number of amides is 2. The van der Waals surface area contributed by atoms with E-state index in [1.807, 2.05) is 73.2 Å². The van der Waals surface area contributed by atoms with E-state index in [0.717, 1.165) is 55.1 Å². The van der Waals surface area contributed by atoms with E-state index in [9.17, 15) is 14.4 Å². The molecule has 0 unspecified atom stereocenters. The number of likely N-dealkylation sites (N-methyl/N-ethyl adjacent to an activating group) is 1. The molecule has 0 fully saturated rings. The number of hydrogen-bond acceptors (Lipinski definition) is 8. The van der Waals surface area contributed by atoms with Crippen molar-refractivity contribution in [2.45, 2.75) is 80.0 Å². The first kappa shape index (κ1) is 39.2. The lowest BCUT2D eigenvalue weighted by molar-refractivity contribution is -0.143. The van der Waals surface area contributed by atoms with Crippen LogP contribution in [0.2, 0.25) is 5.02 Å². The molecule has 6 rings (SSSR count). The molecule has 4 heterocycles. The molecule has 54 heavy (non-hydrogen) atoms. The monoisotopic (exact) mass is 768 g/mol. The van der Waals surface area contributed by atoms with Crippen molar-refractivity contribution >= 4 is 51.9 Å². The Morgan fingerprint density at radius 2 is 1.76 bits per heavy atom. The van der Waals surface area contributed by atoms with E-state index in [1.54, 1.807) is 13.2 Å². The van der Waals surface area contributed by atoms with Gasteiger partial charge in [-0.05, 0) is 96.9 Å². The average molecular weight is 769 g/mol. The minimum absolute atomic E-state index is 0.0367. The Morgan fingerprint density at radius 1 is 0.926 bits per heavy atom. The molecule has 3 atom stereocenters. The second kappa shape index (κ2) is 18.7. The number of rotatable bonds is 10. The number of aromatic amines is 2. The van der Waals surface area contributed by atoms with Crippen LogP contribution in [-0.2, 0) is 33.9 Å². The summed E-state index contributed by atoms with van der Waals surface area (Å²) in [5, 5.41) is 8.89. The van der Waals surface area contributed by atoms with E-state index in [1.165, 1.54) is 16.7 Å². The second-order valence-electron chi connectivity index (χ2n) is 13.9. The van der Waals surface area contributed by atoms with E-state index in [0.29, 0.717) is 50.3 Å². The molecular formula is C41H49ClN8O3S. The van der Waals surface area contributed by atoms with Crippen LogP contribution < -0.4 is 22.1 Å².